The molecule has 1 aromatic carbocycles. The summed E-state index contributed by atoms with van der Waals surface area (Å²) in [4.78, 5) is 12.6. The van der Waals surface area contributed by atoms with Crippen LogP contribution in [0.5, 0.6) is 11.5 Å². The molecule has 1 aliphatic heterocycles. The van der Waals surface area contributed by atoms with Gasteiger partial charge in [0.2, 0.25) is 12.7 Å². The van der Waals surface area contributed by atoms with Gasteiger partial charge in [0.05, 0.1) is 0 Å². The van der Waals surface area contributed by atoms with E-state index in [0.717, 1.165) is 43.6 Å². The molecule has 0 radical (unpaired) electrons. The van der Waals surface area contributed by atoms with Crippen molar-refractivity contribution in [3.8, 4) is 11.5 Å². The maximum Gasteiger partial charge on any atom is 0.231 e. The Kier molecular flexibility index (Phi) is 5.98. The van der Waals surface area contributed by atoms with Crippen LogP contribution >= 0.6 is 12.4 Å². The molecule has 2 aliphatic carbocycles. The second-order valence-electron chi connectivity index (χ2n) is 7.90. The van der Waals surface area contributed by atoms with Gasteiger partial charge in [0, 0.05) is 23.9 Å². The van der Waals surface area contributed by atoms with Crippen LogP contribution in [-0.4, -0.2) is 25.3 Å². The molecule has 4 rings (SSSR count). The highest BCUT2D eigenvalue weighted by Crippen LogP contribution is 2.43. The minimum Gasteiger partial charge on any atom is -0.454 e. The molecule has 5 nitrogen and oxygen atoms in total. The van der Waals surface area contributed by atoms with E-state index in [1.165, 1.54) is 24.8 Å². The van der Waals surface area contributed by atoms with Crippen LogP contribution in [-0.2, 0) is 10.2 Å². The predicted octanol–water partition coefficient (Wildman–Crippen LogP) is 3.28. The molecular formula is C20H29ClN2O3. The van der Waals surface area contributed by atoms with Crippen molar-refractivity contribution in [3.05, 3.63) is 23.8 Å². The van der Waals surface area contributed by atoms with Gasteiger partial charge in [-0.3, -0.25) is 4.79 Å². The highest BCUT2D eigenvalue weighted by molar-refractivity contribution is 5.85. The molecule has 1 aromatic rings. The van der Waals surface area contributed by atoms with E-state index in [1.54, 1.807) is 0 Å². The van der Waals surface area contributed by atoms with Gasteiger partial charge in [0.1, 0.15) is 0 Å². The van der Waals surface area contributed by atoms with Crippen LogP contribution in [0, 0.1) is 5.92 Å². The molecule has 6 heteroatoms. The number of benzene rings is 1. The molecule has 0 aromatic heterocycles. The summed E-state index contributed by atoms with van der Waals surface area (Å²) in [5.74, 6) is 1.92. The Morgan fingerprint density at radius 2 is 1.92 bits per heavy atom. The van der Waals surface area contributed by atoms with E-state index in [2.05, 4.69) is 17.4 Å². The minimum atomic E-state index is 0. The number of nitrogens with one attached hydrogen (secondary N) is 1. The topological polar surface area (TPSA) is 73.6 Å². The number of amides is 1. The number of hydrogen-bond acceptors (Lipinski definition) is 4. The van der Waals surface area contributed by atoms with Crippen LogP contribution in [0.15, 0.2) is 18.2 Å². The SMILES string of the molecule is Cl.NC1CCC(C(=O)NCC2(c3ccc4c(c3)OCO4)CCCCC2)C1. The van der Waals surface area contributed by atoms with Crippen LogP contribution in [0.2, 0.25) is 0 Å². The predicted molar refractivity (Wildman–Crippen MR) is 103 cm³/mol. The molecule has 2 fully saturated rings. The largest absolute Gasteiger partial charge is 0.454 e. The summed E-state index contributed by atoms with van der Waals surface area (Å²) in [6, 6.07) is 6.46. The third-order valence-corrected chi connectivity index (χ3v) is 6.24. The molecule has 3 N–H and O–H groups in total. The molecule has 2 atom stereocenters. The maximum atomic E-state index is 12.6. The summed E-state index contributed by atoms with van der Waals surface area (Å²) in [6.07, 6.45) is 8.61. The first kappa shape index (κ1) is 19.3. The van der Waals surface area contributed by atoms with Crippen LogP contribution in [0.1, 0.15) is 56.9 Å². The Hall–Kier alpha value is -1.46. The zero-order chi connectivity index (χ0) is 17.3. The van der Waals surface area contributed by atoms with Crippen LogP contribution in [0.4, 0.5) is 0 Å². The zero-order valence-electron chi connectivity index (χ0n) is 15.2. The summed E-state index contributed by atoms with van der Waals surface area (Å²) in [5.41, 5.74) is 7.24. The van der Waals surface area contributed by atoms with Gasteiger partial charge in [-0.05, 0) is 49.8 Å². The van der Waals surface area contributed by atoms with Gasteiger partial charge in [-0.25, -0.2) is 0 Å². The van der Waals surface area contributed by atoms with E-state index in [4.69, 9.17) is 15.2 Å². The Morgan fingerprint density at radius 1 is 1.15 bits per heavy atom. The highest BCUT2D eigenvalue weighted by Gasteiger charge is 2.36. The van der Waals surface area contributed by atoms with Crippen molar-refractivity contribution in [2.75, 3.05) is 13.3 Å². The van der Waals surface area contributed by atoms with Gasteiger partial charge in [0.25, 0.3) is 0 Å². The summed E-state index contributed by atoms with van der Waals surface area (Å²) < 4.78 is 11.0. The standard InChI is InChI=1S/C20H28N2O3.ClH/c21-16-6-4-14(10-16)19(23)22-12-20(8-2-1-3-9-20)15-5-7-17-18(11-15)25-13-24-17;/h5,7,11,14,16H,1-4,6,8-10,12-13,21H2,(H,22,23);1H. The van der Waals surface area contributed by atoms with E-state index in [0.29, 0.717) is 13.3 Å². The highest BCUT2D eigenvalue weighted by atomic mass is 35.5. The smallest absolute Gasteiger partial charge is 0.231 e. The average Bonchev–Trinajstić information content (AvgIpc) is 3.28. The average molecular weight is 381 g/mol. The molecule has 0 spiro atoms. The number of rotatable bonds is 4. The first-order valence-electron chi connectivity index (χ1n) is 9.60. The van der Waals surface area contributed by atoms with Gasteiger partial charge in [-0.1, -0.05) is 25.3 Å². The van der Waals surface area contributed by atoms with E-state index < -0.39 is 0 Å². The first-order chi connectivity index (χ1) is 12.2. The van der Waals surface area contributed by atoms with Crippen LogP contribution in [0.3, 0.4) is 0 Å². The third-order valence-electron chi connectivity index (χ3n) is 6.24. The van der Waals surface area contributed by atoms with E-state index in [1.807, 2.05) is 6.07 Å². The lowest BCUT2D eigenvalue weighted by Crippen LogP contribution is -2.44. The molecule has 3 aliphatic rings. The fourth-order valence-corrected chi connectivity index (χ4v) is 4.68. The van der Waals surface area contributed by atoms with Crippen molar-refractivity contribution in [3.63, 3.8) is 0 Å². The van der Waals surface area contributed by atoms with Crippen molar-refractivity contribution >= 4 is 18.3 Å². The van der Waals surface area contributed by atoms with Crippen molar-refractivity contribution in [1.29, 1.82) is 0 Å². The number of ether oxygens (including phenoxy) is 2. The monoisotopic (exact) mass is 380 g/mol. The zero-order valence-corrected chi connectivity index (χ0v) is 16.0. The van der Waals surface area contributed by atoms with Crippen LogP contribution < -0.4 is 20.5 Å². The number of halogens is 1. The van der Waals surface area contributed by atoms with E-state index in [-0.39, 0.29) is 35.7 Å². The molecule has 1 amide bonds. The Labute approximate surface area is 161 Å². The van der Waals surface area contributed by atoms with Crippen molar-refractivity contribution < 1.29 is 14.3 Å². The fourth-order valence-electron chi connectivity index (χ4n) is 4.68. The molecule has 0 saturated heterocycles. The number of carbonyl (C=O) groups is 1. The Balaban J connectivity index is 0.00000196. The fraction of sp³-hybridized carbons (Fsp3) is 0.650. The second kappa shape index (κ2) is 8.05. The number of fused-ring (bicyclic) bond motifs is 1. The Bertz CT molecular complexity index is 646. The summed E-state index contributed by atoms with van der Waals surface area (Å²) in [6.45, 7) is 1.00. The lowest BCUT2D eigenvalue weighted by Gasteiger charge is -2.38. The number of carbonyl (C=O) groups excluding carboxylic acids is 1. The molecule has 2 unspecified atom stereocenters. The van der Waals surface area contributed by atoms with Gasteiger partial charge in [-0.2, -0.15) is 0 Å². The van der Waals surface area contributed by atoms with E-state index in [9.17, 15) is 4.79 Å². The number of hydrogen-bond donors (Lipinski definition) is 2. The molecule has 2 saturated carbocycles. The summed E-state index contributed by atoms with van der Waals surface area (Å²) >= 11 is 0. The number of nitrogens with two attached hydrogens (primary N) is 1. The van der Waals surface area contributed by atoms with Gasteiger partial charge in [-0.15, -0.1) is 12.4 Å². The molecule has 0 bridgehead atoms. The molecular weight excluding hydrogens is 352 g/mol. The molecule has 26 heavy (non-hydrogen) atoms. The summed E-state index contributed by atoms with van der Waals surface area (Å²) in [7, 11) is 0. The lowest BCUT2D eigenvalue weighted by atomic mass is 9.69. The normalized spacial score (nSPS) is 26.2. The maximum absolute atomic E-state index is 12.6. The molecule has 144 valence electrons. The van der Waals surface area contributed by atoms with Gasteiger partial charge < -0.3 is 20.5 Å². The van der Waals surface area contributed by atoms with Gasteiger partial charge in [0.15, 0.2) is 11.5 Å². The molecule has 1 heterocycles. The second-order valence-corrected chi connectivity index (χ2v) is 7.90. The van der Waals surface area contributed by atoms with Crippen molar-refractivity contribution in [1.82, 2.24) is 5.32 Å². The van der Waals surface area contributed by atoms with Gasteiger partial charge >= 0.3 is 0 Å². The van der Waals surface area contributed by atoms with Crippen LogP contribution in [0.25, 0.3) is 0 Å². The van der Waals surface area contributed by atoms with Crippen molar-refractivity contribution in [2.45, 2.75) is 62.8 Å². The Morgan fingerprint density at radius 3 is 2.65 bits per heavy atom. The van der Waals surface area contributed by atoms with Crippen molar-refractivity contribution in [2.24, 2.45) is 11.7 Å². The first-order valence-corrected chi connectivity index (χ1v) is 9.60. The quantitative estimate of drug-likeness (QED) is 0.840. The lowest BCUT2D eigenvalue weighted by molar-refractivity contribution is -0.125. The minimum absolute atomic E-state index is 0. The summed E-state index contributed by atoms with van der Waals surface area (Å²) in [5, 5.41) is 3.26. The third kappa shape index (κ3) is 3.79. The van der Waals surface area contributed by atoms with E-state index >= 15 is 0 Å².